The quantitative estimate of drug-likeness (QED) is 0.799. The largest absolute Gasteiger partial charge is 0.369 e. The second-order valence-corrected chi connectivity index (χ2v) is 4.14. The fraction of sp³-hybridized carbons (Fsp3) is 0.333. The second kappa shape index (κ2) is 3.96. The van der Waals surface area contributed by atoms with Crippen molar-refractivity contribution < 1.29 is 9.59 Å². The van der Waals surface area contributed by atoms with Crippen molar-refractivity contribution in [3.05, 3.63) is 29.8 Å². The molecule has 1 atom stereocenters. The molecule has 1 aromatic rings. The minimum atomic E-state index is -0.400. The molecule has 1 aromatic carbocycles. The van der Waals surface area contributed by atoms with Gasteiger partial charge in [0.1, 0.15) is 0 Å². The summed E-state index contributed by atoms with van der Waals surface area (Å²) in [7, 11) is 0. The predicted octanol–water partition coefficient (Wildman–Crippen LogP) is 0.833. The standard InChI is InChI=1S/C12H14N2O2/c1-8-2-4-10(5-3-8)14-7-9(12(13)16)6-11(14)15/h2-5,9H,6-7H2,1H3,(H2,13,16)/t9-/m1/s1. The Morgan fingerprint density at radius 2 is 2.00 bits per heavy atom. The van der Waals surface area contributed by atoms with Crippen molar-refractivity contribution in [1.29, 1.82) is 0 Å². The van der Waals surface area contributed by atoms with Crippen molar-refractivity contribution in [2.75, 3.05) is 11.4 Å². The lowest BCUT2D eigenvalue weighted by Crippen LogP contribution is -2.28. The van der Waals surface area contributed by atoms with Crippen LogP contribution in [0.25, 0.3) is 0 Å². The van der Waals surface area contributed by atoms with Crippen LogP contribution in [-0.4, -0.2) is 18.4 Å². The molecule has 0 unspecified atom stereocenters. The van der Waals surface area contributed by atoms with Gasteiger partial charge in [0.15, 0.2) is 0 Å². The van der Waals surface area contributed by atoms with Gasteiger partial charge in [0.25, 0.3) is 0 Å². The van der Waals surface area contributed by atoms with Gasteiger partial charge in [-0.1, -0.05) is 17.7 Å². The highest BCUT2D eigenvalue weighted by Gasteiger charge is 2.33. The van der Waals surface area contributed by atoms with Gasteiger partial charge >= 0.3 is 0 Å². The van der Waals surface area contributed by atoms with Crippen molar-refractivity contribution in [3.63, 3.8) is 0 Å². The summed E-state index contributed by atoms with van der Waals surface area (Å²) in [6.45, 7) is 2.39. The third-order valence-corrected chi connectivity index (χ3v) is 2.87. The Balaban J connectivity index is 2.20. The summed E-state index contributed by atoms with van der Waals surface area (Å²) in [5, 5.41) is 0. The van der Waals surface area contributed by atoms with E-state index in [9.17, 15) is 9.59 Å². The van der Waals surface area contributed by atoms with E-state index in [1.165, 1.54) is 0 Å². The molecule has 0 aromatic heterocycles. The number of hydrogen-bond donors (Lipinski definition) is 1. The number of nitrogens with zero attached hydrogens (tertiary/aromatic N) is 1. The highest BCUT2D eigenvalue weighted by atomic mass is 16.2. The highest BCUT2D eigenvalue weighted by molar-refractivity contribution is 6.00. The molecule has 0 radical (unpaired) electrons. The normalized spacial score (nSPS) is 20.2. The van der Waals surface area contributed by atoms with Gasteiger partial charge in [-0.05, 0) is 19.1 Å². The monoisotopic (exact) mass is 218 g/mol. The number of aryl methyl sites for hydroxylation is 1. The van der Waals surface area contributed by atoms with Gasteiger partial charge in [-0.2, -0.15) is 0 Å². The lowest BCUT2D eigenvalue weighted by atomic mass is 10.1. The molecule has 0 aliphatic carbocycles. The number of amides is 2. The summed E-state index contributed by atoms with van der Waals surface area (Å²) in [5.41, 5.74) is 7.18. The van der Waals surface area contributed by atoms with Crippen molar-refractivity contribution in [3.8, 4) is 0 Å². The van der Waals surface area contributed by atoms with Crippen LogP contribution in [0.5, 0.6) is 0 Å². The Hall–Kier alpha value is -1.84. The van der Waals surface area contributed by atoms with Crippen LogP contribution in [0.4, 0.5) is 5.69 Å². The number of primary amides is 1. The Bertz CT molecular complexity index is 425. The topological polar surface area (TPSA) is 63.4 Å². The van der Waals surface area contributed by atoms with Crippen LogP contribution in [0.3, 0.4) is 0 Å². The fourth-order valence-electron chi connectivity index (χ4n) is 1.87. The third kappa shape index (κ3) is 1.91. The minimum Gasteiger partial charge on any atom is -0.369 e. The van der Waals surface area contributed by atoms with Crippen molar-refractivity contribution >= 4 is 17.5 Å². The number of benzene rings is 1. The fourth-order valence-corrected chi connectivity index (χ4v) is 1.87. The van der Waals surface area contributed by atoms with E-state index >= 15 is 0 Å². The molecule has 2 amide bonds. The van der Waals surface area contributed by atoms with Crippen LogP contribution in [0.2, 0.25) is 0 Å². The number of hydrogen-bond acceptors (Lipinski definition) is 2. The molecule has 1 heterocycles. The van der Waals surface area contributed by atoms with Crippen molar-refractivity contribution in [2.45, 2.75) is 13.3 Å². The van der Waals surface area contributed by atoms with Crippen molar-refractivity contribution in [1.82, 2.24) is 0 Å². The molecule has 16 heavy (non-hydrogen) atoms. The average Bonchev–Trinajstić information content (AvgIpc) is 2.62. The first-order valence-corrected chi connectivity index (χ1v) is 5.24. The first kappa shape index (κ1) is 10.7. The van der Waals surface area contributed by atoms with Gasteiger partial charge in [0.05, 0.1) is 5.92 Å². The Morgan fingerprint density at radius 3 is 2.50 bits per heavy atom. The molecule has 1 fully saturated rings. The van der Waals surface area contributed by atoms with Crippen LogP contribution in [0.15, 0.2) is 24.3 Å². The molecular formula is C12H14N2O2. The van der Waals surface area contributed by atoms with Gasteiger partial charge in [-0.25, -0.2) is 0 Å². The molecule has 0 saturated carbocycles. The summed E-state index contributed by atoms with van der Waals surface area (Å²) in [6.07, 6.45) is 0.225. The first-order valence-electron chi connectivity index (χ1n) is 5.24. The first-order chi connectivity index (χ1) is 7.58. The van der Waals surface area contributed by atoms with Gasteiger partial charge in [-0.3, -0.25) is 9.59 Å². The maximum atomic E-state index is 11.7. The summed E-state index contributed by atoms with van der Waals surface area (Å²) in [5.74, 6) is -0.788. The second-order valence-electron chi connectivity index (χ2n) is 4.14. The number of rotatable bonds is 2. The maximum absolute atomic E-state index is 11.7. The lowest BCUT2D eigenvalue weighted by Gasteiger charge is -2.16. The maximum Gasteiger partial charge on any atom is 0.227 e. The van der Waals surface area contributed by atoms with Crippen LogP contribution < -0.4 is 10.6 Å². The summed E-state index contributed by atoms with van der Waals surface area (Å²) < 4.78 is 0. The SMILES string of the molecule is Cc1ccc(N2C[C@H](C(N)=O)CC2=O)cc1. The van der Waals surface area contributed by atoms with E-state index in [0.29, 0.717) is 6.54 Å². The lowest BCUT2D eigenvalue weighted by molar-refractivity contribution is -0.123. The summed E-state index contributed by atoms with van der Waals surface area (Å²) >= 11 is 0. The summed E-state index contributed by atoms with van der Waals surface area (Å²) in [6, 6.07) is 7.66. The zero-order valence-corrected chi connectivity index (χ0v) is 9.14. The minimum absolute atomic E-state index is 0.0346. The van der Waals surface area contributed by atoms with Gasteiger partial charge in [-0.15, -0.1) is 0 Å². The Labute approximate surface area is 94.0 Å². The molecule has 4 nitrogen and oxygen atoms in total. The molecule has 1 aliphatic heterocycles. The smallest absolute Gasteiger partial charge is 0.227 e. The molecule has 1 aliphatic rings. The predicted molar refractivity (Wildman–Crippen MR) is 60.8 cm³/mol. The van der Waals surface area contributed by atoms with E-state index in [-0.39, 0.29) is 18.2 Å². The van der Waals surface area contributed by atoms with Crippen LogP contribution in [-0.2, 0) is 9.59 Å². The molecule has 1 saturated heterocycles. The molecule has 2 N–H and O–H groups in total. The van der Waals surface area contributed by atoms with Crippen LogP contribution >= 0.6 is 0 Å². The Morgan fingerprint density at radius 1 is 1.38 bits per heavy atom. The average molecular weight is 218 g/mol. The van der Waals surface area contributed by atoms with Crippen LogP contribution in [0, 0.1) is 12.8 Å². The summed E-state index contributed by atoms with van der Waals surface area (Å²) in [4.78, 5) is 24.3. The number of carbonyl (C=O) groups excluding carboxylic acids is 2. The zero-order valence-electron chi connectivity index (χ0n) is 9.14. The highest BCUT2D eigenvalue weighted by Crippen LogP contribution is 2.24. The molecule has 2 rings (SSSR count). The van der Waals surface area contributed by atoms with Gasteiger partial charge in [0, 0.05) is 18.7 Å². The third-order valence-electron chi connectivity index (χ3n) is 2.87. The molecular weight excluding hydrogens is 204 g/mol. The van der Waals surface area contributed by atoms with E-state index < -0.39 is 5.91 Å². The number of nitrogens with two attached hydrogens (primary N) is 1. The van der Waals surface area contributed by atoms with E-state index in [4.69, 9.17) is 5.73 Å². The van der Waals surface area contributed by atoms with E-state index in [2.05, 4.69) is 0 Å². The van der Waals surface area contributed by atoms with Gasteiger partial charge < -0.3 is 10.6 Å². The molecule has 4 heteroatoms. The molecule has 0 bridgehead atoms. The van der Waals surface area contributed by atoms with Crippen LogP contribution in [0.1, 0.15) is 12.0 Å². The van der Waals surface area contributed by atoms with Crippen molar-refractivity contribution in [2.24, 2.45) is 11.7 Å². The molecule has 84 valence electrons. The van der Waals surface area contributed by atoms with E-state index in [0.717, 1.165) is 11.3 Å². The van der Waals surface area contributed by atoms with E-state index in [1.54, 1.807) is 4.90 Å². The number of carbonyl (C=O) groups is 2. The van der Waals surface area contributed by atoms with E-state index in [1.807, 2.05) is 31.2 Å². The number of anilines is 1. The zero-order chi connectivity index (χ0) is 11.7. The molecule has 0 spiro atoms. The van der Waals surface area contributed by atoms with Gasteiger partial charge in [0.2, 0.25) is 11.8 Å². The Kier molecular flexibility index (Phi) is 2.64.